The van der Waals surface area contributed by atoms with E-state index in [1.54, 1.807) is 12.1 Å². The zero-order chi connectivity index (χ0) is 13.0. The van der Waals surface area contributed by atoms with Gasteiger partial charge in [-0.25, -0.2) is 4.39 Å². The van der Waals surface area contributed by atoms with E-state index in [1.165, 1.54) is 6.07 Å². The Morgan fingerprint density at radius 3 is 2.65 bits per heavy atom. The molecule has 1 amide bonds. The molecule has 1 aromatic carbocycles. The first-order valence-corrected chi connectivity index (χ1v) is 6.47. The molecular weight excluding hydrogens is 334 g/mol. The van der Waals surface area contributed by atoms with E-state index < -0.39 is 11.8 Å². The van der Waals surface area contributed by atoms with Gasteiger partial charge in [0.2, 0.25) is 5.91 Å². The molecule has 0 radical (unpaired) electrons. The molecule has 1 atom stereocenters. The number of nitrogens with two attached hydrogens (primary N) is 1. The highest BCUT2D eigenvalue weighted by molar-refractivity contribution is 14.1. The van der Waals surface area contributed by atoms with Crippen LogP contribution < -0.4 is 11.1 Å². The van der Waals surface area contributed by atoms with Crippen LogP contribution in [-0.2, 0) is 4.79 Å². The minimum Gasteiger partial charge on any atom is -0.369 e. The average molecular weight is 350 g/mol. The molecule has 0 aliphatic heterocycles. The van der Waals surface area contributed by atoms with Gasteiger partial charge in [-0.15, -0.1) is 0 Å². The van der Waals surface area contributed by atoms with Crippen LogP contribution in [0.4, 0.5) is 4.39 Å². The molecule has 1 rings (SSSR count). The monoisotopic (exact) mass is 350 g/mol. The van der Waals surface area contributed by atoms with Gasteiger partial charge in [-0.3, -0.25) is 4.79 Å². The Morgan fingerprint density at radius 1 is 1.53 bits per heavy atom. The van der Waals surface area contributed by atoms with Crippen LogP contribution in [0, 0.1) is 9.39 Å². The van der Waals surface area contributed by atoms with Gasteiger partial charge in [-0.05, 0) is 34.7 Å². The van der Waals surface area contributed by atoms with E-state index in [-0.39, 0.29) is 11.9 Å². The number of halogens is 2. The summed E-state index contributed by atoms with van der Waals surface area (Å²) in [4.78, 5) is 11.4. The normalized spacial score (nSPS) is 12.8. The van der Waals surface area contributed by atoms with E-state index in [2.05, 4.69) is 5.32 Å². The van der Waals surface area contributed by atoms with E-state index in [0.717, 1.165) is 3.57 Å². The number of primary amides is 1. The van der Waals surface area contributed by atoms with Crippen molar-refractivity contribution in [1.29, 1.82) is 0 Å². The molecule has 17 heavy (non-hydrogen) atoms. The van der Waals surface area contributed by atoms with Crippen LogP contribution in [0.3, 0.4) is 0 Å². The van der Waals surface area contributed by atoms with Gasteiger partial charge in [-0.2, -0.15) is 0 Å². The van der Waals surface area contributed by atoms with Gasteiger partial charge in [0.25, 0.3) is 0 Å². The second kappa shape index (κ2) is 6.30. The number of benzene rings is 1. The van der Waals surface area contributed by atoms with Crippen molar-refractivity contribution in [2.75, 3.05) is 6.54 Å². The second-order valence-electron chi connectivity index (χ2n) is 4.18. The zero-order valence-corrected chi connectivity index (χ0v) is 12.0. The summed E-state index contributed by atoms with van der Waals surface area (Å²) in [5.74, 6) is -1.53. The molecule has 0 bridgehead atoms. The largest absolute Gasteiger partial charge is 0.369 e. The Bertz CT molecular complexity index is 409. The Morgan fingerprint density at radius 2 is 2.18 bits per heavy atom. The lowest BCUT2D eigenvalue weighted by Gasteiger charge is -2.17. The predicted molar refractivity (Wildman–Crippen MR) is 74.2 cm³/mol. The van der Waals surface area contributed by atoms with Crippen LogP contribution in [0.5, 0.6) is 0 Å². The SMILES string of the molecule is CC(C)NC[C@H](C(N)=O)c1ccc(I)cc1F. The number of nitrogens with one attached hydrogen (secondary N) is 1. The highest BCUT2D eigenvalue weighted by Crippen LogP contribution is 2.20. The molecule has 0 aromatic heterocycles. The van der Waals surface area contributed by atoms with Crippen molar-refractivity contribution in [2.24, 2.45) is 5.73 Å². The van der Waals surface area contributed by atoms with Gasteiger partial charge in [-0.1, -0.05) is 19.9 Å². The van der Waals surface area contributed by atoms with E-state index in [4.69, 9.17) is 5.73 Å². The number of rotatable bonds is 5. The highest BCUT2D eigenvalue weighted by atomic mass is 127. The number of amides is 1. The molecule has 94 valence electrons. The van der Waals surface area contributed by atoms with Crippen molar-refractivity contribution in [3.63, 3.8) is 0 Å². The highest BCUT2D eigenvalue weighted by Gasteiger charge is 2.21. The Kier molecular flexibility index (Phi) is 5.32. The van der Waals surface area contributed by atoms with Crippen molar-refractivity contribution < 1.29 is 9.18 Å². The molecule has 0 spiro atoms. The fourth-order valence-electron chi connectivity index (χ4n) is 1.50. The van der Waals surface area contributed by atoms with Crippen molar-refractivity contribution in [1.82, 2.24) is 5.32 Å². The van der Waals surface area contributed by atoms with Crippen molar-refractivity contribution in [2.45, 2.75) is 25.8 Å². The standard InChI is InChI=1S/C12H16FIN2O/c1-7(2)16-6-10(12(15)17)9-4-3-8(14)5-11(9)13/h3-5,7,10,16H,6H2,1-2H3,(H2,15,17)/t10-/m0/s1. The van der Waals surface area contributed by atoms with Crippen LogP contribution in [0.25, 0.3) is 0 Å². The smallest absolute Gasteiger partial charge is 0.226 e. The van der Waals surface area contributed by atoms with E-state index in [9.17, 15) is 9.18 Å². The van der Waals surface area contributed by atoms with Crippen LogP contribution in [0.1, 0.15) is 25.3 Å². The lowest BCUT2D eigenvalue weighted by Crippen LogP contribution is -2.35. The fourth-order valence-corrected chi connectivity index (χ4v) is 1.95. The maximum Gasteiger partial charge on any atom is 0.226 e. The number of carbonyl (C=O) groups is 1. The zero-order valence-electron chi connectivity index (χ0n) is 9.84. The number of hydrogen-bond donors (Lipinski definition) is 2. The lowest BCUT2D eigenvalue weighted by atomic mass is 9.97. The van der Waals surface area contributed by atoms with E-state index in [1.807, 2.05) is 36.4 Å². The molecule has 0 saturated carbocycles. The van der Waals surface area contributed by atoms with Gasteiger partial charge < -0.3 is 11.1 Å². The quantitative estimate of drug-likeness (QED) is 0.799. The summed E-state index contributed by atoms with van der Waals surface area (Å²) in [6.45, 7) is 4.27. The summed E-state index contributed by atoms with van der Waals surface area (Å²) >= 11 is 2.02. The second-order valence-corrected chi connectivity index (χ2v) is 5.43. The van der Waals surface area contributed by atoms with Crippen LogP contribution in [-0.4, -0.2) is 18.5 Å². The first-order chi connectivity index (χ1) is 7.91. The minimum atomic E-state index is -0.630. The lowest BCUT2D eigenvalue weighted by molar-refractivity contribution is -0.119. The Hall–Kier alpha value is -0.690. The number of hydrogen-bond acceptors (Lipinski definition) is 2. The molecule has 0 heterocycles. The summed E-state index contributed by atoms with van der Waals surface area (Å²) in [6.07, 6.45) is 0. The molecule has 0 fully saturated rings. The summed E-state index contributed by atoms with van der Waals surface area (Å²) in [5.41, 5.74) is 5.67. The van der Waals surface area contributed by atoms with E-state index in [0.29, 0.717) is 12.1 Å². The first-order valence-electron chi connectivity index (χ1n) is 5.39. The van der Waals surface area contributed by atoms with Gasteiger partial charge >= 0.3 is 0 Å². The topological polar surface area (TPSA) is 55.1 Å². The Labute approximate surface area is 114 Å². The molecule has 3 nitrogen and oxygen atoms in total. The molecule has 0 aliphatic carbocycles. The number of carbonyl (C=O) groups excluding carboxylic acids is 1. The van der Waals surface area contributed by atoms with Gasteiger partial charge in [0.05, 0.1) is 5.92 Å². The van der Waals surface area contributed by atoms with Crippen LogP contribution >= 0.6 is 22.6 Å². The summed E-state index contributed by atoms with van der Waals surface area (Å²) < 4.78 is 14.5. The third-order valence-electron chi connectivity index (χ3n) is 2.41. The third-order valence-corrected chi connectivity index (χ3v) is 3.08. The summed E-state index contributed by atoms with van der Waals surface area (Å²) in [5, 5.41) is 3.10. The van der Waals surface area contributed by atoms with Gasteiger partial charge in [0.1, 0.15) is 5.82 Å². The van der Waals surface area contributed by atoms with Crippen LogP contribution in [0.15, 0.2) is 18.2 Å². The molecule has 0 unspecified atom stereocenters. The first kappa shape index (κ1) is 14.4. The molecule has 0 aliphatic rings. The minimum absolute atomic E-state index is 0.226. The van der Waals surface area contributed by atoms with Crippen LogP contribution in [0.2, 0.25) is 0 Å². The molecule has 3 N–H and O–H groups in total. The van der Waals surface area contributed by atoms with Crippen molar-refractivity contribution in [3.8, 4) is 0 Å². The molecule has 0 saturated heterocycles. The molecule has 1 aromatic rings. The van der Waals surface area contributed by atoms with Crippen molar-refractivity contribution in [3.05, 3.63) is 33.1 Å². The van der Waals surface area contributed by atoms with E-state index >= 15 is 0 Å². The molecule has 5 heteroatoms. The summed E-state index contributed by atoms with van der Waals surface area (Å²) in [7, 11) is 0. The molecular formula is C12H16FIN2O. The third kappa shape index (κ3) is 4.23. The maximum absolute atomic E-state index is 13.7. The predicted octanol–water partition coefficient (Wildman–Crippen LogP) is 2.00. The fraction of sp³-hybridized carbons (Fsp3) is 0.417. The van der Waals surface area contributed by atoms with Gasteiger partial charge in [0, 0.05) is 21.7 Å². The maximum atomic E-state index is 13.7. The summed E-state index contributed by atoms with van der Waals surface area (Å²) in [6, 6.07) is 5.02. The Balaban J connectivity index is 2.93. The average Bonchev–Trinajstić information content (AvgIpc) is 2.20. The van der Waals surface area contributed by atoms with Crippen molar-refractivity contribution >= 4 is 28.5 Å². The van der Waals surface area contributed by atoms with Gasteiger partial charge in [0.15, 0.2) is 0 Å².